The number of nitrogens with one attached hydrogen (secondary N) is 1. The largest absolute Gasteiger partial charge is 1.00 e. The summed E-state index contributed by atoms with van der Waals surface area (Å²) in [6.45, 7) is 5.31. The van der Waals surface area contributed by atoms with Crippen LogP contribution in [0.25, 0.3) is 11.3 Å². The van der Waals surface area contributed by atoms with Gasteiger partial charge in [-0.1, -0.05) is 23.7 Å². The van der Waals surface area contributed by atoms with Crippen LogP contribution in [0.5, 0.6) is 0 Å². The third-order valence-electron chi connectivity index (χ3n) is 5.16. The predicted molar refractivity (Wildman–Crippen MR) is 110 cm³/mol. The van der Waals surface area contributed by atoms with E-state index >= 15 is 0 Å². The molecule has 0 radical (unpaired) electrons. The zero-order valence-electron chi connectivity index (χ0n) is 16.8. The van der Waals surface area contributed by atoms with E-state index in [1.807, 2.05) is 0 Å². The Kier molecular flexibility index (Phi) is 6.63. The number of benzene rings is 1. The van der Waals surface area contributed by atoms with Crippen molar-refractivity contribution in [3.63, 3.8) is 0 Å². The van der Waals surface area contributed by atoms with E-state index in [9.17, 15) is 19.5 Å². The van der Waals surface area contributed by atoms with Crippen molar-refractivity contribution in [1.82, 2.24) is 14.6 Å². The predicted octanol–water partition coefficient (Wildman–Crippen LogP) is -1.31. The molecule has 2 aliphatic rings. The summed E-state index contributed by atoms with van der Waals surface area (Å²) in [6, 6.07) is 5.20. The Morgan fingerprint density at radius 3 is 2.50 bits per heavy atom. The minimum atomic E-state index is -1.29. The Hall–Kier alpha value is -1.10. The van der Waals surface area contributed by atoms with E-state index in [4.69, 9.17) is 11.6 Å². The minimum absolute atomic E-state index is 0. The smallest absolute Gasteiger partial charge is 0.548 e. The molecule has 2 fully saturated rings. The van der Waals surface area contributed by atoms with Crippen LogP contribution in [-0.2, 0) is 9.59 Å². The molecule has 11 heteroatoms. The van der Waals surface area contributed by atoms with Gasteiger partial charge in [0.2, 0.25) is 5.91 Å². The summed E-state index contributed by atoms with van der Waals surface area (Å²) >= 11 is 8.50. The first-order chi connectivity index (χ1) is 13.6. The van der Waals surface area contributed by atoms with E-state index in [0.717, 1.165) is 10.4 Å². The Morgan fingerprint density at radius 1 is 1.27 bits per heavy atom. The summed E-state index contributed by atoms with van der Waals surface area (Å²) in [5.41, 5.74) is 1.68. The number of rotatable bonds is 4. The molecule has 4 rings (SSSR count). The number of nitrogens with zero attached hydrogens (tertiary/aromatic N) is 2. The van der Waals surface area contributed by atoms with Gasteiger partial charge in [0, 0.05) is 20.2 Å². The fourth-order valence-electron chi connectivity index (χ4n) is 3.78. The first kappa shape index (κ1) is 23.6. The molecular weight excluding hydrogens is 457 g/mol. The molecule has 1 N–H and O–H groups in total. The number of carbonyl (C=O) groups is 3. The van der Waals surface area contributed by atoms with Crippen LogP contribution in [0.2, 0.25) is 5.02 Å². The van der Waals surface area contributed by atoms with Crippen LogP contribution in [0.4, 0.5) is 0 Å². The summed E-state index contributed by atoms with van der Waals surface area (Å²) < 4.78 is 3.68. The number of amides is 2. The van der Waals surface area contributed by atoms with Crippen molar-refractivity contribution >= 4 is 52.7 Å². The molecule has 3 atom stereocenters. The molecule has 152 valence electrons. The number of fused-ring (bicyclic) bond motifs is 1. The maximum absolute atomic E-state index is 13.0. The quantitative estimate of drug-likeness (QED) is 0.437. The number of hydrogen-bond donors (Lipinski definition) is 1. The van der Waals surface area contributed by atoms with E-state index in [1.165, 1.54) is 28.2 Å². The summed E-state index contributed by atoms with van der Waals surface area (Å²) in [5, 5.41) is 14.4. The van der Waals surface area contributed by atoms with Crippen molar-refractivity contribution in [2.75, 3.05) is 0 Å². The molecule has 2 aliphatic heterocycles. The number of thioether (sulfide) groups is 1. The number of carbonyl (C=O) groups excluding carboxylic acids is 3. The van der Waals surface area contributed by atoms with Gasteiger partial charge in [0.1, 0.15) is 11.4 Å². The summed E-state index contributed by atoms with van der Waals surface area (Å²) in [6.07, 6.45) is 0. The SMILES string of the molecule is Cc1snc(-c2ccc(Cl)cc2)c1C(=O)N[C@@H]1C(=O)N2[C@@H]1SC(C)(C)[C@@H]2C(=O)[O-].[Na+]. The van der Waals surface area contributed by atoms with E-state index in [1.54, 1.807) is 45.0 Å². The van der Waals surface area contributed by atoms with E-state index in [2.05, 4.69) is 9.69 Å². The van der Waals surface area contributed by atoms with Crippen molar-refractivity contribution in [2.45, 2.75) is 43.0 Å². The number of halogens is 1. The molecule has 0 spiro atoms. The maximum Gasteiger partial charge on any atom is 1.00 e. The monoisotopic (exact) mass is 473 g/mol. The third kappa shape index (κ3) is 3.80. The number of β-lactam (4-membered cyclic amide) rings is 1. The summed E-state index contributed by atoms with van der Waals surface area (Å²) in [7, 11) is 0. The summed E-state index contributed by atoms with van der Waals surface area (Å²) in [4.78, 5) is 39.2. The maximum atomic E-state index is 13.0. The topological polar surface area (TPSA) is 102 Å². The molecule has 3 heterocycles. The molecule has 1 aromatic heterocycles. The second-order valence-electron chi connectivity index (χ2n) is 7.50. The standard InChI is InChI=1S/C19H18ClN3O4S2.Na/c1-8-11(12(22-29-8)9-4-6-10(20)7-5-9)15(24)21-13-16(25)23-14(18(26)27)19(2,3)28-17(13)23;/h4-7,13-14,17H,1-3H3,(H,21,24)(H,26,27);/q;+1/p-1/t13-,14+,17-;/m1./s1. The van der Waals surface area contributed by atoms with Crippen molar-refractivity contribution < 1.29 is 49.0 Å². The number of carboxylic acids is 1. The number of aromatic nitrogens is 1. The average molecular weight is 474 g/mol. The zero-order valence-corrected chi connectivity index (χ0v) is 21.2. The van der Waals surface area contributed by atoms with Crippen LogP contribution in [-0.4, -0.2) is 49.3 Å². The van der Waals surface area contributed by atoms with Gasteiger partial charge in [-0.25, -0.2) is 0 Å². The van der Waals surface area contributed by atoms with Crippen molar-refractivity contribution in [2.24, 2.45) is 0 Å². The van der Waals surface area contributed by atoms with E-state index in [0.29, 0.717) is 16.3 Å². The Balaban J connectivity index is 0.00000256. The third-order valence-corrected chi connectivity index (χ3v) is 7.73. The normalized spacial score (nSPS) is 23.9. The molecule has 0 saturated carbocycles. The molecule has 2 amide bonds. The van der Waals surface area contributed by atoms with Gasteiger partial charge in [0.05, 0.1) is 23.3 Å². The van der Waals surface area contributed by atoms with Gasteiger partial charge in [0.15, 0.2) is 0 Å². The van der Waals surface area contributed by atoms with Crippen LogP contribution in [0, 0.1) is 6.92 Å². The molecule has 0 bridgehead atoms. The van der Waals surface area contributed by atoms with Gasteiger partial charge < -0.3 is 20.1 Å². The first-order valence-electron chi connectivity index (χ1n) is 8.86. The fourth-order valence-corrected chi connectivity index (χ4v) is 6.24. The number of aryl methyl sites for hydroxylation is 1. The van der Waals surface area contributed by atoms with Gasteiger partial charge in [-0.05, 0) is 44.4 Å². The van der Waals surface area contributed by atoms with Gasteiger partial charge in [-0.3, -0.25) is 9.59 Å². The van der Waals surface area contributed by atoms with Gasteiger partial charge in [-0.15, -0.1) is 11.8 Å². The zero-order chi connectivity index (χ0) is 21.1. The van der Waals surface area contributed by atoms with Crippen LogP contribution in [0.15, 0.2) is 24.3 Å². The van der Waals surface area contributed by atoms with Gasteiger partial charge in [0.25, 0.3) is 5.91 Å². The molecule has 0 unspecified atom stereocenters. The molecule has 0 aliphatic carbocycles. The fraction of sp³-hybridized carbons (Fsp3) is 0.368. The van der Waals surface area contributed by atoms with Crippen LogP contribution in [0.3, 0.4) is 0 Å². The molecular formula is C19H17ClN3NaO4S2. The summed E-state index contributed by atoms with van der Waals surface area (Å²) in [5.74, 6) is -2.11. The van der Waals surface area contributed by atoms with E-state index in [-0.39, 0.29) is 29.6 Å². The van der Waals surface area contributed by atoms with Crippen molar-refractivity contribution in [3.8, 4) is 11.3 Å². The van der Waals surface area contributed by atoms with Crippen molar-refractivity contribution in [1.29, 1.82) is 0 Å². The Bertz CT molecular complexity index is 1030. The molecule has 7 nitrogen and oxygen atoms in total. The second-order valence-corrected chi connectivity index (χ2v) is 10.7. The Morgan fingerprint density at radius 2 is 1.90 bits per heavy atom. The number of carboxylic acid groups (broad SMARTS) is 1. The number of aliphatic carboxylic acids is 1. The minimum Gasteiger partial charge on any atom is -0.548 e. The average Bonchev–Trinajstić information content (AvgIpc) is 3.15. The molecule has 1 aromatic carbocycles. The van der Waals surface area contributed by atoms with E-state index < -0.39 is 40.0 Å². The number of hydrogen-bond acceptors (Lipinski definition) is 7. The first-order valence-corrected chi connectivity index (χ1v) is 10.9. The van der Waals surface area contributed by atoms with Crippen LogP contribution in [0.1, 0.15) is 29.1 Å². The molecule has 2 saturated heterocycles. The molecule has 2 aromatic rings. The Labute approximate surface area is 209 Å². The van der Waals surface area contributed by atoms with Gasteiger partial charge >= 0.3 is 29.6 Å². The molecule has 30 heavy (non-hydrogen) atoms. The van der Waals surface area contributed by atoms with Crippen molar-refractivity contribution in [3.05, 3.63) is 39.7 Å². The van der Waals surface area contributed by atoms with Gasteiger partial charge in [-0.2, -0.15) is 4.37 Å². The second kappa shape index (κ2) is 8.44. The van der Waals surface area contributed by atoms with Crippen LogP contribution < -0.4 is 40.0 Å². The van der Waals surface area contributed by atoms with Crippen LogP contribution >= 0.6 is 34.9 Å².